The molecule has 0 spiro atoms. The van der Waals surface area contributed by atoms with E-state index in [9.17, 15) is 9.59 Å². The first-order valence-corrected chi connectivity index (χ1v) is 13.8. The molecule has 0 radical (unpaired) electrons. The molecule has 4 nitrogen and oxygen atoms in total. The second-order valence-corrected chi connectivity index (χ2v) is 10.5. The van der Waals surface area contributed by atoms with Crippen LogP contribution in [0.25, 0.3) is 0 Å². The van der Waals surface area contributed by atoms with Crippen LogP contribution in [0.4, 0.5) is 0 Å². The number of nitrogens with one attached hydrogen (secondary N) is 1. The van der Waals surface area contributed by atoms with Crippen molar-refractivity contribution < 1.29 is 9.59 Å². The van der Waals surface area contributed by atoms with E-state index >= 15 is 0 Å². The minimum Gasteiger partial charge on any atom is -0.352 e. The molecule has 3 rings (SSSR count). The Kier molecular flexibility index (Phi) is 10.6. The lowest BCUT2D eigenvalue weighted by atomic mass is 10.0. The lowest BCUT2D eigenvalue weighted by molar-refractivity contribution is -0.139. The maximum Gasteiger partial charge on any atom is 0.243 e. The fraction of sp³-hybridized carbons (Fsp3) is 0.355. The minimum atomic E-state index is -0.589. The van der Waals surface area contributed by atoms with Crippen molar-refractivity contribution in [2.45, 2.75) is 64.9 Å². The van der Waals surface area contributed by atoms with Crippen LogP contribution in [0.5, 0.6) is 0 Å². The SMILES string of the molecule is CCC(C)NC(=O)C(Cc1ccccc1)N(Cc1cccc(C)c1)C(=O)CSCc1cccc(C)c1. The Morgan fingerprint density at radius 3 is 2.11 bits per heavy atom. The number of benzene rings is 3. The van der Waals surface area contributed by atoms with E-state index in [4.69, 9.17) is 0 Å². The predicted octanol–water partition coefficient (Wildman–Crippen LogP) is 6.09. The summed E-state index contributed by atoms with van der Waals surface area (Å²) in [6.45, 7) is 8.57. The van der Waals surface area contributed by atoms with Crippen molar-refractivity contribution in [3.63, 3.8) is 0 Å². The third-order valence-electron chi connectivity index (χ3n) is 6.28. The van der Waals surface area contributed by atoms with E-state index in [0.29, 0.717) is 18.7 Å². The van der Waals surface area contributed by atoms with Gasteiger partial charge in [0, 0.05) is 24.8 Å². The highest BCUT2D eigenvalue weighted by atomic mass is 32.2. The Balaban J connectivity index is 1.85. The zero-order chi connectivity index (χ0) is 25.9. The number of nitrogens with zero attached hydrogens (tertiary/aromatic N) is 1. The molecule has 0 heterocycles. The van der Waals surface area contributed by atoms with Crippen LogP contribution in [-0.2, 0) is 28.3 Å². The molecular formula is C31H38N2O2S. The first kappa shape index (κ1) is 27.5. The molecule has 0 aliphatic carbocycles. The third-order valence-corrected chi connectivity index (χ3v) is 7.27. The van der Waals surface area contributed by atoms with Crippen molar-refractivity contribution in [1.29, 1.82) is 0 Å². The molecule has 0 bridgehead atoms. The van der Waals surface area contributed by atoms with E-state index in [1.54, 1.807) is 16.7 Å². The third kappa shape index (κ3) is 8.56. The van der Waals surface area contributed by atoms with Gasteiger partial charge in [0.15, 0.2) is 0 Å². The molecular weight excluding hydrogens is 464 g/mol. The summed E-state index contributed by atoms with van der Waals surface area (Å²) in [7, 11) is 0. The van der Waals surface area contributed by atoms with Gasteiger partial charge < -0.3 is 10.2 Å². The van der Waals surface area contributed by atoms with Crippen molar-refractivity contribution in [1.82, 2.24) is 10.2 Å². The van der Waals surface area contributed by atoms with E-state index in [2.05, 4.69) is 43.4 Å². The number of amides is 2. The second-order valence-electron chi connectivity index (χ2n) is 9.52. The predicted molar refractivity (Wildman–Crippen MR) is 151 cm³/mol. The van der Waals surface area contributed by atoms with Crippen molar-refractivity contribution in [3.05, 3.63) is 107 Å². The van der Waals surface area contributed by atoms with Crippen molar-refractivity contribution in [2.24, 2.45) is 0 Å². The number of carbonyl (C=O) groups is 2. The van der Waals surface area contributed by atoms with E-state index in [1.807, 2.05) is 68.4 Å². The summed E-state index contributed by atoms with van der Waals surface area (Å²) in [4.78, 5) is 29.0. The second kappa shape index (κ2) is 13.9. The molecule has 36 heavy (non-hydrogen) atoms. The average molecular weight is 503 g/mol. The fourth-order valence-electron chi connectivity index (χ4n) is 4.14. The van der Waals surface area contributed by atoms with Crippen molar-refractivity contribution in [3.8, 4) is 0 Å². The molecule has 3 aromatic rings. The molecule has 3 aromatic carbocycles. The van der Waals surface area contributed by atoms with Crippen LogP contribution in [-0.4, -0.2) is 34.6 Å². The molecule has 0 fully saturated rings. The van der Waals surface area contributed by atoms with Gasteiger partial charge in [0.25, 0.3) is 0 Å². The standard InChI is InChI=1S/C31H38N2O2S/c1-5-25(4)32-31(35)29(19-26-13-7-6-8-14-26)33(20-27-15-9-11-23(2)17-27)30(34)22-36-21-28-16-10-12-24(3)18-28/h6-18,25,29H,5,19-22H2,1-4H3,(H,32,35). The molecule has 0 aliphatic heterocycles. The molecule has 2 atom stereocenters. The topological polar surface area (TPSA) is 49.4 Å². The van der Waals surface area contributed by atoms with Crippen LogP contribution < -0.4 is 5.32 Å². The van der Waals surface area contributed by atoms with Crippen LogP contribution >= 0.6 is 11.8 Å². The monoisotopic (exact) mass is 502 g/mol. The van der Waals surface area contributed by atoms with Crippen molar-refractivity contribution >= 4 is 23.6 Å². The zero-order valence-electron chi connectivity index (χ0n) is 21.9. The highest BCUT2D eigenvalue weighted by Crippen LogP contribution is 2.19. The number of thioether (sulfide) groups is 1. The summed E-state index contributed by atoms with van der Waals surface area (Å²) in [5.41, 5.74) is 5.62. The summed E-state index contributed by atoms with van der Waals surface area (Å²) in [5.74, 6) is 0.961. The Morgan fingerprint density at radius 2 is 1.47 bits per heavy atom. The summed E-state index contributed by atoms with van der Waals surface area (Å²) >= 11 is 1.60. The number of rotatable bonds is 12. The Hall–Kier alpha value is -3.05. The number of aryl methyl sites for hydroxylation is 2. The Morgan fingerprint density at radius 1 is 0.861 bits per heavy atom. The van der Waals surface area contributed by atoms with Crippen LogP contribution in [0.3, 0.4) is 0 Å². The quantitative estimate of drug-likeness (QED) is 0.326. The van der Waals surface area contributed by atoms with Crippen LogP contribution in [0.15, 0.2) is 78.9 Å². The Bertz CT molecular complexity index is 1130. The molecule has 0 saturated carbocycles. The highest BCUT2D eigenvalue weighted by Gasteiger charge is 2.30. The van der Waals surface area contributed by atoms with Gasteiger partial charge in [0.2, 0.25) is 11.8 Å². The normalized spacial score (nSPS) is 12.6. The van der Waals surface area contributed by atoms with Gasteiger partial charge in [0.05, 0.1) is 5.75 Å². The molecule has 0 aliphatic rings. The van der Waals surface area contributed by atoms with Gasteiger partial charge >= 0.3 is 0 Å². The van der Waals surface area contributed by atoms with Gasteiger partial charge in [-0.15, -0.1) is 11.8 Å². The molecule has 190 valence electrons. The highest BCUT2D eigenvalue weighted by molar-refractivity contribution is 7.99. The zero-order valence-corrected chi connectivity index (χ0v) is 22.7. The summed E-state index contributed by atoms with van der Waals surface area (Å²) in [6.07, 6.45) is 1.31. The maximum absolute atomic E-state index is 13.7. The molecule has 0 aromatic heterocycles. The molecule has 1 N–H and O–H groups in total. The summed E-state index contributed by atoms with van der Waals surface area (Å²) in [5, 5.41) is 3.13. The van der Waals surface area contributed by atoms with Gasteiger partial charge in [0.1, 0.15) is 6.04 Å². The molecule has 0 saturated heterocycles. The molecule has 2 unspecified atom stereocenters. The fourth-order valence-corrected chi connectivity index (χ4v) is 5.00. The Labute approximate surface area is 220 Å². The first-order valence-electron chi connectivity index (χ1n) is 12.7. The molecule has 5 heteroatoms. The van der Waals surface area contributed by atoms with Gasteiger partial charge in [-0.3, -0.25) is 9.59 Å². The largest absolute Gasteiger partial charge is 0.352 e. The van der Waals surface area contributed by atoms with Gasteiger partial charge in [-0.2, -0.15) is 0 Å². The number of carbonyl (C=O) groups excluding carboxylic acids is 2. The number of hydrogen-bond donors (Lipinski definition) is 1. The van der Waals surface area contributed by atoms with Gasteiger partial charge in [-0.25, -0.2) is 0 Å². The first-order chi connectivity index (χ1) is 17.4. The lowest BCUT2D eigenvalue weighted by Crippen LogP contribution is -2.52. The van der Waals surface area contributed by atoms with E-state index in [0.717, 1.165) is 28.9 Å². The maximum atomic E-state index is 13.7. The number of hydrogen-bond acceptors (Lipinski definition) is 3. The van der Waals surface area contributed by atoms with Crippen LogP contribution in [0, 0.1) is 13.8 Å². The molecule has 2 amide bonds. The van der Waals surface area contributed by atoms with Gasteiger partial charge in [-0.1, -0.05) is 96.9 Å². The minimum absolute atomic E-state index is 0.0191. The van der Waals surface area contributed by atoms with Gasteiger partial charge in [-0.05, 0) is 43.9 Å². The van der Waals surface area contributed by atoms with E-state index in [-0.39, 0.29) is 17.9 Å². The smallest absolute Gasteiger partial charge is 0.243 e. The lowest BCUT2D eigenvalue weighted by Gasteiger charge is -2.32. The van der Waals surface area contributed by atoms with Crippen molar-refractivity contribution in [2.75, 3.05) is 5.75 Å². The average Bonchev–Trinajstić information content (AvgIpc) is 2.86. The summed E-state index contributed by atoms with van der Waals surface area (Å²) < 4.78 is 0. The van der Waals surface area contributed by atoms with Crippen LogP contribution in [0.2, 0.25) is 0 Å². The van der Waals surface area contributed by atoms with E-state index in [1.165, 1.54) is 11.1 Å². The summed E-state index contributed by atoms with van der Waals surface area (Å²) in [6, 6.07) is 25.9. The van der Waals surface area contributed by atoms with E-state index < -0.39 is 6.04 Å². The van der Waals surface area contributed by atoms with Crippen LogP contribution in [0.1, 0.15) is 48.1 Å².